The molecule has 0 aromatic heterocycles. The number of nitrogens with two attached hydrogens (primary N) is 1. The Hall–Kier alpha value is -1.58. The number of rotatable bonds is 5. The minimum Gasteiger partial charge on any atom is -0.490 e. The Morgan fingerprint density at radius 2 is 1.95 bits per heavy atom. The second kappa shape index (κ2) is 5.59. The molecule has 0 aliphatic rings. The molecule has 2 aromatic carbocycles. The van der Waals surface area contributed by atoms with Gasteiger partial charge < -0.3 is 15.6 Å². The summed E-state index contributed by atoms with van der Waals surface area (Å²) in [6.07, 6.45) is 0.651. The van der Waals surface area contributed by atoms with Crippen molar-refractivity contribution in [2.24, 2.45) is 5.73 Å². The van der Waals surface area contributed by atoms with Crippen LogP contribution < -0.4 is 10.5 Å². The van der Waals surface area contributed by atoms with E-state index in [4.69, 9.17) is 10.5 Å². The van der Waals surface area contributed by atoms with Gasteiger partial charge in [0.25, 0.3) is 0 Å². The van der Waals surface area contributed by atoms with Crippen LogP contribution in [0.2, 0.25) is 0 Å². The Labute approximate surface area is 114 Å². The Kier molecular flexibility index (Phi) is 4.08. The average molecular weight is 259 g/mol. The van der Waals surface area contributed by atoms with E-state index in [-0.39, 0.29) is 6.61 Å². The van der Waals surface area contributed by atoms with Gasteiger partial charge in [0, 0.05) is 12.1 Å². The number of hydrogen-bond acceptors (Lipinski definition) is 3. The van der Waals surface area contributed by atoms with Crippen LogP contribution in [0, 0.1) is 0 Å². The van der Waals surface area contributed by atoms with Crippen molar-refractivity contribution >= 4 is 10.8 Å². The second-order valence-corrected chi connectivity index (χ2v) is 5.11. The molecule has 0 heterocycles. The SMILES string of the molecule is CCC(C)(O)COc1ccc2ccccc2c1CN. The highest BCUT2D eigenvalue weighted by molar-refractivity contribution is 5.87. The van der Waals surface area contributed by atoms with Crippen LogP contribution in [-0.4, -0.2) is 17.3 Å². The maximum atomic E-state index is 10.0. The topological polar surface area (TPSA) is 55.5 Å². The molecule has 0 saturated carbocycles. The van der Waals surface area contributed by atoms with Crippen molar-refractivity contribution in [3.8, 4) is 5.75 Å². The van der Waals surface area contributed by atoms with Gasteiger partial charge in [-0.3, -0.25) is 0 Å². The van der Waals surface area contributed by atoms with E-state index in [0.717, 1.165) is 22.1 Å². The van der Waals surface area contributed by atoms with Crippen molar-refractivity contribution in [3.05, 3.63) is 42.0 Å². The molecular weight excluding hydrogens is 238 g/mol. The lowest BCUT2D eigenvalue weighted by atomic mass is 10.0. The molecule has 2 rings (SSSR count). The van der Waals surface area contributed by atoms with Gasteiger partial charge in [0.05, 0.1) is 5.60 Å². The van der Waals surface area contributed by atoms with Crippen LogP contribution in [0.5, 0.6) is 5.75 Å². The highest BCUT2D eigenvalue weighted by Gasteiger charge is 2.19. The van der Waals surface area contributed by atoms with Crippen molar-refractivity contribution in [3.63, 3.8) is 0 Å². The second-order valence-electron chi connectivity index (χ2n) is 5.11. The van der Waals surface area contributed by atoms with E-state index in [2.05, 4.69) is 6.07 Å². The molecule has 0 bridgehead atoms. The Bertz CT molecular complexity index is 564. The minimum absolute atomic E-state index is 0.273. The Balaban J connectivity index is 2.33. The molecule has 1 unspecified atom stereocenters. The van der Waals surface area contributed by atoms with E-state index in [1.54, 1.807) is 6.92 Å². The molecule has 0 aliphatic carbocycles. The van der Waals surface area contributed by atoms with Gasteiger partial charge in [-0.2, -0.15) is 0 Å². The molecule has 102 valence electrons. The van der Waals surface area contributed by atoms with Crippen molar-refractivity contribution in [2.75, 3.05) is 6.61 Å². The van der Waals surface area contributed by atoms with E-state index < -0.39 is 5.60 Å². The highest BCUT2D eigenvalue weighted by atomic mass is 16.5. The van der Waals surface area contributed by atoms with Crippen LogP contribution in [0.4, 0.5) is 0 Å². The molecule has 0 saturated heterocycles. The molecule has 3 heteroatoms. The summed E-state index contributed by atoms with van der Waals surface area (Å²) in [5, 5.41) is 12.3. The van der Waals surface area contributed by atoms with E-state index in [1.807, 2.05) is 37.3 Å². The predicted molar refractivity (Wildman–Crippen MR) is 78.2 cm³/mol. The zero-order valence-electron chi connectivity index (χ0n) is 11.5. The van der Waals surface area contributed by atoms with Crippen LogP contribution >= 0.6 is 0 Å². The Morgan fingerprint density at radius 3 is 2.63 bits per heavy atom. The first kappa shape index (κ1) is 13.8. The third kappa shape index (κ3) is 3.06. The largest absolute Gasteiger partial charge is 0.490 e. The molecule has 3 N–H and O–H groups in total. The summed E-state index contributed by atoms with van der Waals surface area (Å²) in [6, 6.07) is 12.0. The van der Waals surface area contributed by atoms with Gasteiger partial charge in [0.1, 0.15) is 12.4 Å². The molecule has 19 heavy (non-hydrogen) atoms. The van der Waals surface area contributed by atoms with Gasteiger partial charge in [0.15, 0.2) is 0 Å². The third-order valence-corrected chi connectivity index (χ3v) is 3.50. The van der Waals surface area contributed by atoms with Crippen LogP contribution in [-0.2, 0) is 6.54 Å². The summed E-state index contributed by atoms with van der Waals surface area (Å²) in [7, 11) is 0. The van der Waals surface area contributed by atoms with Crippen molar-refractivity contribution < 1.29 is 9.84 Å². The first-order valence-corrected chi connectivity index (χ1v) is 6.63. The molecule has 1 atom stereocenters. The number of fused-ring (bicyclic) bond motifs is 1. The van der Waals surface area contributed by atoms with Gasteiger partial charge in [-0.25, -0.2) is 0 Å². The number of benzene rings is 2. The van der Waals surface area contributed by atoms with Gasteiger partial charge >= 0.3 is 0 Å². The van der Waals surface area contributed by atoms with Crippen LogP contribution in [0.3, 0.4) is 0 Å². The lowest BCUT2D eigenvalue weighted by Crippen LogP contribution is -2.31. The number of aliphatic hydroxyl groups is 1. The summed E-state index contributed by atoms with van der Waals surface area (Å²) in [5.41, 5.74) is 6.03. The molecule has 2 aromatic rings. The Morgan fingerprint density at radius 1 is 1.21 bits per heavy atom. The van der Waals surface area contributed by atoms with Crippen molar-refractivity contribution in [2.45, 2.75) is 32.4 Å². The molecule has 0 amide bonds. The lowest BCUT2D eigenvalue weighted by Gasteiger charge is -2.22. The molecule has 0 radical (unpaired) electrons. The van der Waals surface area contributed by atoms with E-state index >= 15 is 0 Å². The van der Waals surface area contributed by atoms with E-state index in [0.29, 0.717) is 13.0 Å². The zero-order valence-corrected chi connectivity index (χ0v) is 11.5. The number of ether oxygens (including phenoxy) is 1. The zero-order chi connectivity index (χ0) is 13.9. The minimum atomic E-state index is -0.808. The quantitative estimate of drug-likeness (QED) is 0.868. The predicted octanol–water partition coefficient (Wildman–Crippen LogP) is 2.84. The standard InChI is InChI=1S/C16H21NO2/c1-3-16(2,18)11-19-15-9-8-12-6-4-5-7-13(12)14(15)10-17/h4-9,18H,3,10-11,17H2,1-2H3. The summed E-state index contributed by atoms with van der Waals surface area (Å²) >= 11 is 0. The summed E-state index contributed by atoms with van der Waals surface area (Å²) < 4.78 is 5.76. The van der Waals surface area contributed by atoms with Crippen molar-refractivity contribution in [1.82, 2.24) is 0 Å². The van der Waals surface area contributed by atoms with Crippen LogP contribution in [0.1, 0.15) is 25.8 Å². The van der Waals surface area contributed by atoms with E-state index in [1.165, 1.54) is 0 Å². The third-order valence-electron chi connectivity index (χ3n) is 3.50. The van der Waals surface area contributed by atoms with Gasteiger partial charge in [-0.1, -0.05) is 37.3 Å². The number of hydrogen-bond donors (Lipinski definition) is 2. The van der Waals surface area contributed by atoms with Gasteiger partial charge in [-0.15, -0.1) is 0 Å². The molecule has 3 nitrogen and oxygen atoms in total. The fraction of sp³-hybridized carbons (Fsp3) is 0.375. The summed E-state index contributed by atoms with van der Waals surface area (Å²) in [5.74, 6) is 0.759. The monoisotopic (exact) mass is 259 g/mol. The summed E-state index contributed by atoms with van der Waals surface area (Å²) in [4.78, 5) is 0. The maximum absolute atomic E-state index is 10.0. The molecule has 0 fully saturated rings. The first-order chi connectivity index (χ1) is 9.07. The highest BCUT2D eigenvalue weighted by Crippen LogP contribution is 2.28. The van der Waals surface area contributed by atoms with Gasteiger partial charge in [0.2, 0.25) is 0 Å². The fourth-order valence-electron chi connectivity index (χ4n) is 2.00. The van der Waals surface area contributed by atoms with Crippen LogP contribution in [0.25, 0.3) is 10.8 Å². The van der Waals surface area contributed by atoms with Crippen LogP contribution in [0.15, 0.2) is 36.4 Å². The van der Waals surface area contributed by atoms with Crippen molar-refractivity contribution in [1.29, 1.82) is 0 Å². The van der Waals surface area contributed by atoms with E-state index in [9.17, 15) is 5.11 Å². The lowest BCUT2D eigenvalue weighted by molar-refractivity contribution is 0.00824. The summed E-state index contributed by atoms with van der Waals surface area (Å²) in [6.45, 7) is 4.41. The molecule has 0 aliphatic heterocycles. The van der Waals surface area contributed by atoms with Gasteiger partial charge in [-0.05, 0) is 30.2 Å². The smallest absolute Gasteiger partial charge is 0.124 e. The molecular formula is C16H21NO2. The average Bonchev–Trinajstić information content (AvgIpc) is 2.44. The maximum Gasteiger partial charge on any atom is 0.124 e. The fourth-order valence-corrected chi connectivity index (χ4v) is 2.00. The molecule has 0 spiro atoms. The normalized spacial score (nSPS) is 14.3. The first-order valence-electron chi connectivity index (χ1n) is 6.63.